The van der Waals surface area contributed by atoms with Crippen LogP contribution in [0.3, 0.4) is 0 Å². The van der Waals surface area contributed by atoms with Gasteiger partial charge in [-0.15, -0.1) is 0 Å². The monoisotopic (exact) mass is 209 g/mol. The fourth-order valence-corrected chi connectivity index (χ4v) is 1.33. The maximum Gasteiger partial charge on any atom is 0.141 e. The van der Waals surface area contributed by atoms with Gasteiger partial charge in [0.15, 0.2) is 0 Å². The number of carbonyl (C=O) groups excluding carboxylic acids is 1. The summed E-state index contributed by atoms with van der Waals surface area (Å²) in [6.45, 7) is 4.90. The lowest BCUT2D eigenvalue weighted by Crippen LogP contribution is -2.26. The van der Waals surface area contributed by atoms with Crippen LogP contribution in [-0.2, 0) is 18.3 Å². The second-order valence-electron chi connectivity index (χ2n) is 4.03. The van der Waals surface area contributed by atoms with Crippen LogP contribution in [0, 0.1) is 0 Å². The van der Waals surface area contributed by atoms with Crippen LogP contribution in [-0.4, -0.2) is 27.9 Å². The Kier molecular flexibility index (Phi) is 4.49. The molecule has 1 aromatic heterocycles. The highest BCUT2D eigenvalue weighted by Gasteiger charge is 2.07. The van der Waals surface area contributed by atoms with Crippen molar-refractivity contribution in [2.24, 2.45) is 7.05 Å². The van der Waals surface area contributed by atoms with Crippen LogP contribution in [0.4, 0.5) is 0 Å². The SMILES string of the molecule is CC(C)NCCC(=O)Cc1nccn1C. The number of Topliss-reactive ketones (excluding diaryl/α,β-unsaturated/α-hetero) is 1. The van der Waals surface area contributed by atoms with Crippen LogP contribution in [0.1, 0.15) is 26.1 Å². The predicted octanol–water partition coefficient (Wildman–Crippen LogP) is 0.920. The smallest absolute Gasteiger partial charge is 0.141 e. The molecule has 0 radical (unpaired) electrons. The summed E-state index contributed by atoms with van der Waals surface area (Å²) in [6, 6.07) is 0.436. The molecular formula is C11H19N3O. The van der Waals surface area contributed by atoms with Crippen molar-refractivity contribution in [1.29, 1.82) is 0 Å². The van der Waals surface area contributed by atoms with E-state index < -0.39 is 0 Å². The first-order chi connectivity index (χ1) is 7.09. The Morgan fingerprint density at radius 1 is 1.60 bits per heavy atom. The molecular weight excluding hydrogens is 190 g/mol. The van der Waals surface area contributed by atoms with Crippen molar-refractivity contribution in [3.63, 3.8) is 0 Å². The van der Waals surface area contributed by atoms with E-state index in [9.17, 15) is 4.79 Å². The zero-order chi connectivity index (χ0) is 11.3. The van der Waals surface area contributed by atoms with Gasteiger partial charge in [0.05, 0.1) is 6.42 Å². The topological polar surface area (TPSA) is 46.9 Å². The number of hydrogen-bond acceptors (Lipinski definition) is 3. The predicted molar refractivity (Wildman–Crippen MR) is 59.7 cm³/mol. The van der Waals surface area contributed by atoms with Gasteiger partial charge in [-0.1, -0.05) is 13.8 Å². The number of imidazole rings is 1. The molecule has 1 heterocycles. The van der Waals surface area contributed by atoms with E-state index in [0.717, 1.165) is 12.4 Å². The molecule has 0 bridgehead atoms. The molecule has 4 nitrogen and oxygen atoms in total. The minimum Gasteiger partial charge on any atom is -0.338 e. The lowest BCUT2D eigenvalue weighted by atomic mass is 10.2. The van der Waals surface area contributed by atoms with Crippen molar-refractivity contribution in [3.05, 3.63) is 18.2 Å². The molecule has 1 aromatic rings. The second kappa shape index (κ2) is 5.66. The third kappa shape index (κ3) is 4.25. The molecule has 0 aliphatic heterocycles. The van der Waals surface area contributed by atoms with Gasteiger partial charge in [-0.2, -0.15) is 0 Å². The van der Waals surface area contributed by atoms with E-state index in [4.69, 9.17) is 0 Å². The Labute approximate surface area is 90.7 Å². The number of nitrogens with one attached hydrogen (secondary N) is 1. The Hall–Kier alpha value is -1.16. The molecule has 15 heavy (non-hydrogen) atoms. The highest BCUT2D eigenvalue weighted by atomic mass is 16.1. The number of aryl methyl sites for hydroxylation is 1. The number of ketones is 1. The van der Waals surface area contributed by atoms with Crippen LogP contribution < -0.4 is 5.32 Å². The summed E-state index contributed by atoms with van der Waals surface area (Å²) in [5.41, 5.74) is 0. The first-order valence-corrected chi connectivity index (χ1v) is 5.31. The molecule has 1 rings (SSSR count). The van der Waals surface area contributed by atoms with E-state index in [0.29, 0.717) is 18.9 Å². The number of hydrogen-bond donors (Lipinski definition) is 1. The third-order valence-electron chi connectivity index (χ3n) is 2.23. The Morgan fingerprint density at radius 3 is 2.87 bits per heavy atom. The highest BCUT2D eigenvalue weighted by Crippen LogP contribution is 1.98. The molecule has 0 fully saturated rings. The third-order valence-corrected chi connectivity index (χ3v) is 2.23. The van der Waals surface area contributed by atoms with E-state index in [2.05, 4.69) is 24.1 Å². The molecule has 0 unspecified atom stereocenters. The summed E-state index contributed by atoms with van der Waals surface area (Å²) >= 11 is 0. The standard InChI is InChI=1S/C11H19N3O/c1-9(2)12-5-4-10(15)8-11-13-6-7-14(11)3/h6-7,9,12H,4-5,8H2,1-3H3. The molecule has 0 saturated carbocycles. The summed E-state index contributed by atoms with van der Waals surface area (Å²) in [5.74, 6) is 1.07. The summed E-state index contributed by atoms with van der Waals surface area (Å²) in [6.07, 6.45) is 4.58. The number of nitrogens with zero attached hydrogens (tertiary/aromatic N) is 2. The van der Waals surface area contributed by atoms with E-state index in [1.54, 1.807) is 6.20 Å². The average Bonchev–Trinajstić information content (AvgIpc) is 2.51. The normalized spacial score (nSPS) is 10.9. The lowest BCUT2D eigenvalue weighted by molar-refractivity contribution is -0.118. The van der Waals surface area contributed by atoms with Crippen LogP contribution >= 0.6 is 0 Å². The first kappa shape index (κ1) is 11.9. The fourth-order valence-electron chi connectivity index (χ4n) is 1.33. The van der Waals surface area contributed by atoms with Crippen LogP contribution in [0.5, 0.6) is 0 Å². The Balaban J connectivity index is 2.28. The summed E-state index contributed by atoms with van der Waals surface area (Å²) < 4.78 is 1.88. The second-order valence-corrected chi connectivity index (χ2v) is 4.03. The molecule has 0 saturated heterocycles. The van der Waals surface area contributed by atoms with Gasteiger partial charge in [0, 0.05) is 38.4 Å². The summed E-state index contributed by atoms with van der Waals surface area (Å²) in [7, 11) is 1.90. The van der Waals surface area contributed by atoms with E-state index in [1.807, 2.05) is 17.8 Å². The van der Waals surface area contributed by atoms with E-state index >= 15 is 0 Å². The molecule has 0 aliphatic carbocycles. The van der Waals surface area contributed by atoms with Crippen molar-refractivity contribution >= 4 is 5.78 Å². The van der Waals surface area contributed by atoms with Crippen LogP contribution in [0.25, 0.3) is 0 Å². The molecule has 0 spiro atoms. The Bertz CT molecular complexity index is 317. The molecule has 0 aromatic carbocycles. The number of rotatable bonds is 6. The van der Waals surface area contributed by atoms with Gasteiger partial charge in [0.1, 0.15) is 11.6 Å². The maximum absolute atomic E-state index is 11.6. The maximum atomic E-state index is 11.6. The van der Waals surface area contributed by atoms with Crippen molar-refractivity contribution in [3.8, 4) is 0 Å². The van der Waals surface area contributed by atoms with Crippen LogP contribution in [0.2, 0.25) is 0 Å². The van der Waals surface area contributed by atoms with Crippen LogP contribution in [0.15, 0.2) is 12.4 Å². The van der Waals surface area contributed by atoms with Gasteiger partial charge in [-0.05, 0) is 0 Å². The van der Waals surface area contributed by atoms with Crippen molar-refractivity contribution in [2.45, 2.75) is 32.7 Å². The fraction of sp³-hybridized carbons (Fsp3) is 0.636. The lowest BCUT2D eigenvalue weighted by Gasteiger charge is -2.06. The molecule has 4 heteroatoms. The summed E-state index contributed by atoms with van der Waals surface area (Å²) in [5, 5.41) is 3.22. The molecule has 0 atom stereocenters. The average molecular weight is 209 g/mol. The zero-order valence-electron chi connectivity index (χ0n) is 9.66. The number of aromatic nitrogens is 2. The zero-order valence-corrected chi connectivity index (χ0v) is 9.66. The van der Waals surface area contributed by atoms with Crippen molar-refractivity contribution < 1.29 is 4.79 Å². The van der Waals surface area contributed by atoms with Gasteiger partial charge >= 0.3 is 0 Å². The first-order valence-electron chi connectivity index (χ1n) is 5.31. The minimum atomic E-state index is 0.234. The highest BCUT2D eigenvalue weighted by molar-refractivity contribution is 5.80. The molecule has 0 aliphatic rings. The molecule has 0 amide bonds. The van der Waals surface area contributed by atoms with E-state index in [-0.39, 0.29) is 5.78 Å². The van der Waals surface area contributed by atoms with Crippen molar-refractivity contribution in [2.75, 3.05) is 6.54 Å². The Morgan fingerprint density at radius 2 is 2.33 bits per heavy atom. The molecule has 84 valence electrons. The molecule has 1 N–H and O–H groups in total. The summed E-state index contributed by atoms with van der Waals surface area (Å²) in [4.78, 5) is 15.7. The van der Waals surface area contributed by atoms with Gasteiger partial charge in [-0.3, -0.25) is 4.79 Å². The van der Waals surface area contributed by atoms with Gasteiger partial charge < -0.3 is 9.88 Å². The van der Waals surface area contributed by atoms with Gasteiger partial charge in [-0.25, -0.2) is 4.98 Å². The minimum absolute atomic E-state index is 0.234. The van der Waals surface area contributed by atoms with Crippen molar-refractivity contribution in [1.82, 2.24) is 14.9 Å². The van der Waals surface area contributed by atoms with E-state index in [1.165, 1.54) is 0 Å². The van der Waals surface area contributed by atoms with Gasteiger partial charge in [0.25, 0.3) is 0 Å². The van der Waals surface area contributed by atoms with Gasteiger partial charge in [0.2, 0.25) is 0 Å². The largest absolute Gasteiger partial charge is 0.338 e. The quantitative estimate of drug-likeness (QED) is 0.758. The number of carbonyl (C=O) groups is 1.